The predicted molar refractivity (Wildman–Crippen MR) is 51.1 cm³/mol. The number of carbonyl (C=O) groups excluding carboxylic acids is 1. The Morgan fingerprint density at radius 1 is 1.00 bits per heavy atom. The van der Waals surface area contributed by atoms with Crippen molar-refractivity contribution < 1.29 is 35.5 Å². The SMILES string of the molecule is O=C(Cc1ccc(C(F)(F)F)cc1)C(F)(F)C(F)F. The number of benzene rings is 1. The van der Waals surface area contributed by atoms with Crippen LogP contribution in [0.3, 0.4) is 0 Å². The molecule has 1 aromatic rings. The molecule has 0 unspecified atom stereocenters. The highest BCUT2D eigenvalue weighted by molar-refractivity contribution is 5.88. The van der Waals surface area contributed by atoms with Crippen molar-refractivity contribution in [2.45, 2.75) is 24.9 Å². The molecule has 0 radical (unpaired) electrons. The number of alkyl halides is 7. The molecule has 0 fully saturated rings. The van der Waals surface area contributed by atoms with E-state index < -0.39 is 36.3 Å². The first kappa shape index (κ1) is 15.5. The minimum atomic E-state index is -4.80. The number of Topliss-reactive ketones (excluding diaryl/α,β-unsaturated/α-hetero) is 1. The van der Waals surface area contributed by atoms with E-state index in [2.05, 4.69) is 0 Å². The third kappa shape index (κ3) is 3.68. The lowest BCUT2D eigenvalue weighted by Gasteiger charge is -2.14. The minimum Gasteiger partial charge on any atom is -0.292 e. The van der Waals surface area contributed by atoms with E-state index in [0.29, 0.717) is 12.1 Å². The van der Waals surface area contributed by atoms with Gasteiger partial charge in [0.15, 0.2) is 0 Å². The summed E-state index contributed by atoms with van der Waals surface area (Å²) in [5, 5.41) is 0. The maximum Gasteiger partial charge on any atom is 0.416 e. The molecule has 1 nitrogen and oxygen atoms in total. The van der Waals surface area contributed by atoms with E-state index in [0.717, 1.165) is 12.1 Å². The molecule has 0 saturated carbocycles. The monoisotopic (exact) mass is 288 g/mol. The van der Waals surface area contributed by atoms with Gasteiger partial charge in [-0.05, 0) is 17.7 Å². The molecule has 0 aliphatic carbocycles. The highest BCUT2D eigenvalue weighted by Gasteiger charge is 2.47. The van der Waals surface area contributed by atoms with Crippen molar-refractivity contribution in [3.05, 3.63) is 35.4 Å². The Kier molecular flexibility index (Phi) is 4.21. The largest absolute Gasteiger partial charge is 0.416 e. The minimum absolute atomic E-state index is 0.196. The lowest BCUT2D eigenvalue weighted by atomic mass is 10.0. The summed E-state index contributed by atoms with van der Waals surface area (Å²) in [4.78, 5) is 10.9. The van der Waals surface area contributed by atoms with Gasteiger partial charge in [-0.25, -0.2) is 8.78 Å². The summed E-state index contributed by atoms with van der Waals surface area (Å²) >= 11 is 0. The van der Waals surface area contributed by atoms with E-state index in [9.17, 15) is 35.5 Å². The molecule has 1 rings (SSSR count). The molecule has 1 aromatic carbocycles. The van der Waals surface area contributed by atoms with Crippen molar-refractivity contribution in [1.82, 2.24) is 0 Å². The van der Waals surface area contributed by atoms with Crippen molar-refractivity contribution >= 4 is 5.78 Å². The fraction of sp³-hybridized carbons (Fsp3) is 0.364. The number of hydrogen-bond donors (Lipinski definition) is 0. The first-order valence-electron chi connectivity index (χ1n) is 4.90. The average molecular weight is 288 g/mol. The van der Waals surface area contributed by atoms with Crippen molar-refractivity contribution in [1.29, 1.82) is 0 Å². The van der Waals surface area contributed by atoms with Crippen LogP contribution >= 0.6 is 0 Å². The summed E-state index contributed by atoms with van der Waals surface area (Å²) in [6, 6.07) is 2.76. The highest BCUT2D eigenvalue weighted by atomic mass is 19.4. The maximum absolute atomic E-state index is 12.6. The van der Waals surface area contributed by atoms with E-state index in [-0.39, 0.29) is 5.56 Å². The number of carbonyl (C=O) groups is 1. The van der Waals surface area contributed by atoms with E-state index in [1.54, 1.807) is 0 Å². The van der Waals surface area contributed by atoms with Crippen LogP contribution < -0.4 is 0 Å². The van der Waals surface area contributed by atoms with E-state index in [1.165, 1.54) is 0 Å². The van der Waals surface area contributed by atoms with Gasteiger partial charge in [0.25, 0.3) is 0 Å². The highest BCUT2D eigenvalue weighted by Crippen LogP contribution is 2.30. The Hall–Kier alpha value is -1.60. The smallest absolute Gasteiger partial charge is 0.292 e. The van der Waals surface area contributed by atoms with Gasteiger partial charge in [-0.15, -0.1) is 0 Å². The van der Waals surface area contributed by atoms with Gasteiger partial charge in [-0.2, -0.15) is 22.0 Å². The van der Waals surface area contributed by atoms with Gasteiger partial charge < -0.3 is 0 Å². The van der Waals surface area contributed by atoms with Crippen LogP contribution in [-0.2, 0) is 17.4 Å². The van der Waals surface area contributed by atoms with Gasteiger partial charge in [0.1, 0.15) is 0 Å². The molecule has 0 saturated heterocycles. The zero-order chi connectivity index (χ0) is 14.8. The zero-order valence-electron chi connectivity index (χ0n) is 9.15. The van der Waals surface area contributed by atoms with Crippen LogP contribution in [0.4, 0.5) is 30.7 Å². The lowest BCUT2D eigenvalue weighted by Crippen LogP contribution is -2.37. The molecule has 0 N–H and O–H groups in total. The van der Waals surface area contributed by atoms with Crippen LogP contribution in [0.2, 0.25) is 0 Å². The van der Waals surface area contributed by atoms with E-state index >= 15 is 0 Å². The van der Waals surface area contributed by atoms with Gasteiger partial charge in [0.2, 0.25) is 5.78 Å². The molecule has 0 aromatic heterocycles. The van der Waals surface area contributed by atoms with E-state index in [1.807, 2.05) is 0 Å². The molecule has 0 heterocycles. The Balaban J connectivity index is 2.82. The third-order valence-electron chi connectivity index (χ3n) is 2.29. The molecule has 0 amide bonds. The van der Waals surface area contributed by atoms with Gasteiger partial charge >= 0.3 is 18.5 Å². The van der Waals surface area contributed by atoms with Crippen LogP contribution in [-0.4, -0.2) is 18.1 Å². The Labute approximate surface area is 103 Å². The molecule has 0 aliphatic rings. The summed E-state index contributed by atoms with van der Waals surface area (Å²) in [5.41, 5.74) is -1.22. The summed E-state index contributed by atoms with van der Waals surface area (Å²) in [6.07, 6.45) is -9.81. The second-order valence-corrected chi connectivity index (χ2v) is 3.72. The topological polar surface area (TPSA) is 17.1 Å². The predicted octanol–water partition coefficient (Wildman–Crippen LogP) is 3.72. The van der Waals surface area contributed by atoms with Crippen LogP contribution in [0.25, 0.3) is 0 Å². The molecule has 0 spiro atoms. The number of rotatable bonds is 4. The normalized spacial score (nSPS) is 12.8. The average Bonchev–Trinajstić information content (AvgIpc) is 2.28. The van der Waals surface area contributed by atoms with Crippen molar-refractivity contribution in [3.8, 4) is 0 Å². The van der Waals surface area contributed by atoms with Crippen LogP contribution in [0.5, 0.6) is 0 Å². The number of hydrogen-bond acceptors (Lipinski definition) is 1. The molecule has 8 heteroatoms. The molecule has 0 bridgehead atoms. The van der Waals surface area contributed by atoms with E-state index in [4.69, 9.17) is 0 Å². The van der Waals surface area contributed by atoms with Gasteiger partial charge in [-0.1, -0.05) is 12.1 Å². The fourth-order valence-electron chi connectivity index (χ4n) is 1.24. The summed E-state index contributed by atoms with van der Waals surface area (Å²) in [7, 11) is 0. The Bertz CT molecular complexity index is 447. The quantitative estimate of drug-likeness (QED) is 0.772. The van der Waals surface area contributed by atoms with Crippen molar-refractivity contribution in [3.63, 3.8) is 0 Å². The Morgan fingerprint density at radius 2 is 1.47 bits per heavy atom. The number of halogens is 7. The fourth-order valence-corrected chi connectivity index (χ4v) is 1.24. The first-order valence-corrected chi connectivity index (χ1v) is 4.90. The van der Waals surface area contributed by atoms with Crippen LogP contribution in [0.1, 0.15) is 11.1 Å². The summed E-state index contributed by atoms with van der Waals surface area (Å²) in [5.74, 6) is -6.84. The first-order chi connectivity index (χ1) is 8.55. The second-order valence-electron chi connectivity index (χ2n) is 3.72. The molecular weight excluding hydrogens is 281 g/mol. The maximum atomic E-state index is 12.6. The summed E-state index contributed by atoms with van der Waals surface area (Å²) in [6.45, 7) is 0. The molecule has 106 valence electrons. The van der Waals surface area contributed by atoms with Gasteiger partial charge in [0.05, 0.1) is 5.56 Å². The molecule has 0 atom stereocenters. The van der Waals surface area contributed by atoms with Crippen LogP contribution in [0, 0.1) is 0 Å². The molecule has 19 heavy (non-hydrogen) atoms. The zero-order valence-corrected chi connectivity index (χ0v) is 9.15. The lowest BCUT2D eigenvalue weighted by molar-refractivity contribution is -0.166. The van der Waals surface area contributed by atoms with Crippen molar-refractivity contribution in [2.24, 2.45) is 0 Å². The Morgan fingerprint density at radius 3 is 1.84 bits per heavy atom. The second kappa shape index (κ2) is 5.18. The van der Waals surface area contributed by atoms with Crippen molar-refractivity contribution in [2.75, 3.05) is 0 Å². The third-order valence-corrected chi connectivity index (χ3v) is 2.29. The molecular formula is C11H7F7O. The standard InChI is InChI=1S/C11H7F7O/c12-9(13)10(14,15)8(19)5-6-1-3-7(4-2-6)11(16,17)18/h1-4,9H,5H2. The van der Waals surface area contributed by atoms with Gasteiger partial charge in [0, 0.05) is 6.42 Å². The van der Waals surface area contributed by atoms with Gasteiger partial charge in [-0.3, -0.25) is 4.79 Å². The molecule has 0 aliphatic heterocycles. The number of ketones is 1. The summed E-state index contributed by atoms with van der Waals surface area (Å²) < 4.78 is 85.5. The van der Waals surface area contributed by atoms with Crippen LogP contribution in [0.15, 0.2) is 24.3 Å².